The molecule has 0 spiro atoms. The Kier molecular flexibility index (Phi) is 5.47. The molecule has 0 radical (unpaired) electrons. The summed E-state index contributed by atoms with van der Waals surface area (Å²) in [5.74, 6) is 1.14. The fraction of sp³-hybridized carbons (Fsp3) is 0.500. The van der Waals surface area contributed by atoms with E-state index in [1.807, 2.05) is 32.0 Å². The van der Waals surface area contributed by atoms with E-state index in [1.165, 1.54) is 5.56 Å². The third-order valence-electron chi connectivity index (χ3n) is 3.28. The maximum absolute atomic E-state index is 6.15. The Morgan fingerprint density at radius 3 is 2.71 bits per heavy atom. The fourth-order valence-corrected chi connectivity index (χ4v) is 2.06. The van der Waals surface area contributed by atoms with Crippen LogP contribution in [0.2, 0.25) is 0 Å². The highest BCUT2D eigenvalue weighted by Gasteiger charge is 2.27. The van der Waals surface area contributed by atoms with E-state index < -0.39 is 5.54 Å². The summed E-state index contributed by atoms with van der Waals surface area (Å²) >= 11 is 0. The highest BCUT2D eigenvalue weighted by molar-refractivity contribution is 5.14. The molecule has 0 aliphatic heterocycles. The zero-order valence-corrected chi connectivity index (χ0v) is 12.7. The molecule has 0 bridgehead atoms. The molecule has 21 heavy (non-hydrogen) atoms. The zero-order chi connectivity index (χ0) is 15.1. The van der Waals surface area contributed by atoms with Crippen molar-refractivity contribution in [2.24, 2.45) is 5.73 Å². The first-order chi connectivity index (χ1) is 10.1. The van der Waals surface area contributed by atoms with E-state index in [9.17, 15) is 0 Å². The second kappa shape index (κ2) is 7.33. The van der Waals surface area contributed by atoms with Crippen LogP contribution in [0.25, 0.3) is 0 Å². The average Bonchev–Trinajstić information content (AvgIpc) is 2.96. The predicted octanol–water partition coefficient (Wildman–Crippen LogP) is 2.46. The molecule has 2 N–H and O–H groups in total. The Bertz CT molecular complexity index is 537. The van der Waals surface area contributed by atoms with E-state index in [0.29, 0.717) is 24.9 Å². The summed E-state index contributed by atoms with van der Waals surface area (Å²) in [7, 11) is 0. The van der Waals surface area contributed by atoms with Gasteiger partial charge < -0.3 is 15.0 Å². The number of nitrogens with two attached hydrogens (primary N) is 1. The number of nitrogens with zero attached hydrogens (tertiary/aromatic N) is 2. The molecule has 0 aliphatic carbocycles. The van der Waals surface area contributed by atoms with Gasteiger partial charge in [0.05, 0.1) is 6.61 Å². The highest BCUT2D eigenvalue weighted by Crippen LogP contribution is 2.16. The lowest BCUT2D eigenvalue weighted by Gasteiger charge is -2.19. The summed E-state index contributed by atoms with van der Waals surface area (Å²) in [6, 6.07) is 10.4. The van der Waals surface area contributed by atoms with Crippen LogP contribution in [-0.4, -0.2) is 23.4 Å². The van der Waals surface area contributed by atoms with Crippen molar-refractivity contribution in [1.82, 2.24) is 10.1 Å². The molecule has 0 aliphatic rings. The molecule has 5 heteroatoms. The number of hydrogen-bond donors (Lipinski definition) is 1. The predicted molar refractivity (Wildman–Crippen MR) is 80.8 cm³/mol. The van der Waals surface area contributed by atoms with E-state index in [2.05, 4.69) is 22.3 Å². The molecule has 2 aromatic rings. The summed E-state index contributed by atoms with van der Waals surface area (Å²) < 4.78 is 10.6. The smallest absolute Gasteiger partial charge is 0.226 e. The van der Waals surface area contributed by atoms with Crippen LogP contribution in [0.5, 0.6) is 0 Å². The van der Waals surface area contributed by atoms with Gasteiger partial charge in [-0.1, -0.05) is 35.5 Å². The first-order valence-corrected chi connectivity index (χ1v) is 7.35. The molecule has 1 aromatic heterocycles. The van der Waals surface area contributed by atoms with E-state index in [4.69, 9.17) is 15.0 Å². The molecule has 1 atom stereocenters. The molecular weight excluding hydrogens is 266 g/mol. The number of benzene rings is 1. The summed E-state index contributed by atoms with van der Waals surface area (Å²) in [4.78, 5) is 4.38. The Morgan fingerprint density at radius 2 is 2.00 bits per heavy atom. The number of rotatable bonds is 8. The van der Waals surface area contributed by atoms with Crippen molar-refractivity contribution in [3.63, 3.8) is 0 Å². The quantitative estimate of drug-likeness (QED) is 0.808. The molecule has 0 saturated carbocycles. The van der Waals surface area contributed by atoms with Crippen LogP contribution in [0.1, 0.15) is 37.5 Å². The third-order valence-corrected chi connectivity index (χ3v) is 3.28. The van der Waals surface area contributed by atoms with Crippen LogP contribution in [0.3, 0.4) is 0 Å². The van der Waals surface area contributed by atoms with Gasteiger partial charge in [-0.3, -0.25) is 0 Å². The molecule has 1 unspecified atom stereocenters. The van der Waals surface area contributed by atoms with Crippen molar-refractivity contribution in [2.75, 3.05) is 13.2 Å². The van der Waals surface area contributed by atoms with Crippen molar-refractivity contribution in [2.45, 2.75) is 38.6 Å². The number of hydrogen-bond acceptors (Lipinski definition) is 5. The molecule has 5 nitrogen and oxygen atoms in total. The minimum Gasteiger partial charge on any atom is -0.379 e. The van der Waals surface area contributed by atoms with Gasteiger partial charge in [-0.2, -0.15) is 4.98 Å². The van der Waals surface area contributed by atoms with Crippen molar-refractivity contribution >= 4 is 0 Å². The molecule has 0 amide bonds. The largest absolute Gasteiger partial charge is 0.379 e. The van der Waals surface area contributed by atoms with Crippen LogP contribution in [-0.2, 0) is 23.1 Å². The molecular formula is C16H23N3O2. The van der Waals surface area contributed by atoms with E-state index >= 15 is 0 Å². The Balaban J connectivity index is 1.85. The SMILES string of the molecule is CCOCC(C)(N)c1noc(CCCc2ccccc2)n1. The second-order valence-corrected chi connectivity index (χ2v) is 5.41. The van der Waals surface area contributed by atoms with Gasteiger partial charge in [0, 0.05) is 13.0 Å². The maximum Gasteiger partial charge on any atom is 0.226 e. The van der Waals surface area contributed by atoms with Gasteiger partial charge in [0.25, 0.3) is 0 Å². The van der Waals surface area contributed by atoms with Gasteiger partial charge in [-0.15, -0.1) is 0 Å². The molecule has 0 fully saturated rings. The first-order valence-electron chi connectivity index (χ1n) is 7.35. The lowest BCUT2D eigenvalue weighted by atomic mass is 10.1. The summed E-state index contributed by atoms with van der Waals surface area (Å²) in [6.45, 7) is 4.78. The van der Waals surface area contributed by atoms with Gasteiger partial charge in [0.15, 0.2) is 5.82 Å². The van der Waals surface area contributed by atoms with Gasteiger partial charge in [-0.05, 0) is 32.3 Å². The van der Waals surface area contributed by atoms with Crippen LogP contribution in [0, 0.1) is 0 Å². The Morgan fingerprint density at radius 1 is 1.24 bits per heavy atom. The fourth-order valence-electron chi connectivity index (χ4n) is 2.06. The van der Waals surface area contributed by atoms with Crippen molar-refractivity contribution in [3.05, 3.63) is 47.6 Å². The monoisotopic (exact) mass is 289 g/mol. The van der Waals surface area contributed by atoms with Crippen LogP contribution in [0.15, 0.2) is 34.9 Å². The molecule has 2 rings (SSSR count). The minimum atomic E-state index is -0.711. The van der Waals surface area contributed by atoms with Crippen molar-refractivity contribution < 1.29 is 9.26 Å². The van der Waals surface area contributed by atoms with Crippen LogP contribution < -0.4 is 5.73 Å². The van der Waals surface area contributed by atoms with Gasteiger partial charge in [-0.25, -0.2) is 0 Å². The first kappa shape index (κ1) is 15.7. The summed E-state index contributed by atoms with van der Waals surface area (Å²) in [6.07, 6.45) is 2.72. The average molecular weight is 289 g/mol. The number of aromatic nitrogens is 2. The summed E-state index contributed by atoms with van der Waals surface area (Å²) in [5.41, 5.74) is 6.75. The van der Waals surface area contributed by atoms with Gasteiger partial charge >= 0.3 is 0 Å². The van der Waals surface area contributed by atoms with E-state index in [1.54, 1.807) is 0 Å². The molecule has 1 heterocycles. The Labute approximate surface area is 125 Å². The second-order valence-electron chi connectivity index (χ2n) is 5.41. The Hall–Kier alpha value is -1.72. The molecule has 114 valence electrons. The zero-order valence-electron chi connectivity index (χ0n) is 12.7. The third kappa shape index (κ3) is 4.65. The van der Waals surface area contributed by atoms with Gasteiger partial charge in [0.1, 0.15) is 5.54 Å². The topological polar surface area (TPSA) is 74.2 Å². The van der Waals surface area contributed by atoms with Gasteiger partial charge in [0.2, 0.25) is 5.89 Å². The lowest BCUT2D eigenvalue weighted by Crippen LogP contribution is -2.39. The van der Waals surface area contributed by atoms with E-state index in [0.717, 1.165) is 19.3 Å². The normalized spacial score (nSPS) is 14.0. The molecule has 1 aromatic carbocycles. The standard InChI is InChI=1S/C16H23N3O2/c1-3-20-12-16(2,17)15-18-14(21-19-15)11-7-10-13-8-5-4-6-9-13/h4-6,8-9H,3,7,10-12,17H2,1-2H3. The van der Waals surface area contributed by atoms with Crippen LogP contribution in [0.4, 0.5) is 0 Å². The summed E-state index contributed by atoms with van der Waals surface area (Å²) in [5, 5.41) is 3.98. The number of ether oxygens (including phenoxy) is 1. The van der Waals surface area contributed by atoms with E-state index in [-0.39, 0.29) is 0 Å². The van der Waals surface area contributed by atoms with Crippen molar-refractivity contribution in [3.8, 4) is 0 Å². The van der Waals surface area contributed by atoms with Crippen LogP contribution >= 0.6 is 0 Å². The minimum absolute atomic E-state index is 0.381. The van der Waals surface area contributed by atoms with Crippen molar-refractivity contribution in [1.29, 1.82) is 0 Å². The number of aryl methyl sites for hydroxylation is 2. The highest BCUT2D eigenvalue weighted by atomic mass is 16.5. The lowest BCUT2D eigenvalue weighted by molar-refractivity contribution is 0.0962. The molecule has 0 saturated heterocycles. The maximum atomic E-state index is 6.15.